The smallest absolute Gasteiger partial charge is 0.248 e. The number of hydrogen-bond donors (Lipinski definition) is 0. The molecule has 0 spiro atoms. The van der Waals surface area contributed by atoms with E-state index in [9.17, 15) is 13.2 Å². The lowest BCUT2D eigenvalue weighted by Gasteiger charge is -2.23. The molecule has 9 heteroatoms. The third-order valence-electron chi connectivity index (χ3n) is 3.94. The number of amides is 1. The van der Waals surface area contributed by atoms with Crippen LogP contribution in [0, 0.1) is 6.92 Å². The standard InChI is InChI=1S/C19H18ClN3O3S2/c1-14-13-27-19(21-14)23(16-6-4-3-5-7-16)18(24)12-22(2)28(25,26)17-10-8-15(20)9-11-17/h3-11,13H,12H2,1-2H3. The molecule has 0 radical (unpaired) electrons. The molecule has 3 aromatic rings. The number of nitrogens with zero attached hydrogens (tertiary/aromatic N) is 3. The number of carbonyl (C=O) groups is 1. The van der Waals surface area contributed by atoms with Crippen LogP contribution in [0.3, 0.4) is 0 Å². The van der Waals surface area contributed by atoms with E-state index in [0.717, 1.165) is 10.00 Å². The molecule has 0 saturated heterocycles. The first-order valence-electron chi connectivity index (χ1n) is 8.31. The highest BCUT2D eigenvalue weighted by atomic mass is 35.5. The summed E-state index contributed by atoms with van der Waals surface area (Å²) in [6.07, 6.45) is 0. The molecule has 0 fully saturated rings. The number of likely N-dealkylation sites (N-methyl/N-ethyl adjacent to an activating group) is 1. The second kappa shape index (κ2) is 8.40. The summed E-state index contributed by atoms with van der Waals surface area (Å²) in [7, 11) is -2.46. The number of para-hydroxylation sites is 1. The molecule has 28 heavy (non-hydrogen) atoms. The first-order chi connectivity index (χ1) is 13.3. The van der Waals surface area contributed by atoms with E-state index in [2.05, 4.69) is 4.98 Å². The normalized spacial score (nSPS) is 11.6. The molecule has 0 unspecified atom stereocenters. The zero-order valence-corrected chi connectivity index (χ0v) is 17.6. The number of hydrogen-bond acceptors (Lipinski definition) is 5. The van der Waals surface area contributed by atoms with Crippen LogP contribution in [0.2, 0.25) is 5.02 Å². The van der Waals surface area contributed by atoms with Crippen LogP contribution in [0.4, 0.5) is 10.8 Å². The first kappa shape index (κ1) is 20.5. The van der Waals surface area contributed by atoms with Gasteiger partial charge in [-0.2, -0.15) is 4.31 Å². The van der Waals surface area contributed by atoms with Crippen LogP contribution in [0.5, 0.6) is 0 Å². The largest absolute Gasteiger partial charge is 0.272 e. The van der Waals surface area contributed by atoms with Crippen LogP contribution >= 0.6 is 22.9 Å². The Morgan fingerprint density at radius 1 is 1.11 bits per heavy atom. The Balaban J connectivity index is 1.88. The minimum atomic E-state index is -3.83. The van der Waals surface area contributed by atoms with Gasteiger partial charge in [0.2, 0.25) is 15.9 Å². The molecule has 0 aliphatic rings. The van der Waals surface area contributed by atoms with Gasteiger partial charge in [-0.3, -0.25) is 9.69 Å². The third kappa shape index (κ3) is 4.41. The second-order valence-corrected chi connectivity index (χ2v) is 9.37. The van der Waals surface area contributed by atoms with Gasteiger partial charge in [0.15, 0.2) is 5.13 Å². The van der Waals surface area contributed by atoms with Crippen molar-refractivity contribution in [3.05, 3.63) is 70.7 Å². The van der Waals surface area contributed by atoms with Crippen molar-refractivity contribution in [3.63, 3.8) is 0 Å². The van der Waals surface area contributed by atoms with Crippen molar-refractivity contribution < 1.29 is 13.2 Å². The van der Waals surface area contributed by atoms with Gasteiger partial charge < -0.3 is 0 Å². The number of aryl methyl sites for hydroxylation is 1. The summed E-state index contributed by atoms with van der Waals surface area (Å²) in [6, 6.07) is 14.8. The molecule has 6 nitrogen and oxygen atoms in total. The van der Waals surface area contributed by atoms with E-state index in [1.165, 1.54) is 47.5 Å². The maximum absolute atomic E-state index is 13.1. The first-order valence-corrected chi connectivity index (χ1v) is 11.0. The SMILES string of the molecule is Cc1csc(N(C(=O)CN(C)S(=O)(=O)c2ccc(Cl)cc2)c2ccccc2)n1. The molecule has 0 aliphatic heterocycles. The van der Waals surface area contributed by atoms with Gasteiger partial charge in [0.25, 0.3) is 0 Å². The highest BCUT2D eigenvalue weighted by molar-refractivity contribution is 7.89. The van der Waals surface area contributed by atoms with Crippen molar-refractivity contribution in [2.45, 2.75) is 11.8 Å². The Morgan fingerprint density at radius 3 is 2.32 bits per heavy atom. The summed E-state index contributed by atoms with van der Waals surface area (Å²) >= 11 is 7.15. The summed E-state index contributed by atoms with van der Waals surface area (Å²) in [5, 5.41) is 2.77. The molecule has 3 rings (SSSR count). The van der Waals surface area contributed by atoms with Gasteiger partial charge >= 0.3 is 0 Å². The Morgan fingerprint density at radius 2 is 1.75 bits per heavy atom. The molecule has 146 valence electrons. The summed E-state index contributed by atoms with van der Waals surface area (Å²) < 4.78 is 26.6. The van der Waals surface area contributed by atoms with E-state index in [4.69, 9.17) is 11.6 Å². The Kier molecular flexibility index (Phi) is 6.14. The van der Waals surface area contributed by atoms with Crippen molar-refractivity contribution in [2.24, 2.45) is 0 Å². The molecule has 0 aliphatic carbocycles. The van der Waals surface area contributed by atoms with Crippen molar-refractivity contribution in [1.29, 1.82) is 0 Å². The highest BCUT2D eigenvalue weighted by Gasteiger charge is 2.27. The number of rotatable bonds is 6. The van der Waals surface area contributed by atoms with Crippen molar-refractivity contribution in [3.8, 4) is 0 Å². The summed E-state index contributed by atoms with van der Waals surface area (Å²) in [5.41, 5.74) is 1.41. The monoisotopic (exact) mass is 435 g/mol. The lowest BCUT2D eigenvalue weighted by Crippen LogP contribution is -2.39. The van der Waals surface area contributed by atoms with Crippen molar-refractivity contribution in [1.82, 2.24) is 9.29 Å². The quantitative estimate of drug-likeness (QED) is 0.584. The molecule has 0 bridgehead atoms. The van der Waals surface area contributed by atoms with E-state index >= 15 is 0 Å². The highest BCUT2D eigenvalue weighted by Crippen LogP contribution is 2.29. The predicted octanol–water partition coefficient (Wildman–Crippen LogP) is 4.09. The average Bonchev–Trinajstić information content (AvgIpc) is 3.09. The van der Waals surface area contributed by atoms with Crippen molar-refractivity contribution >= 4 is 49.7 Å². The summed E-state index contributed by atoms with van der Waals surface area (Å²) in [5.74, 6) is -0.402. The minimum absolute atomic E-state index is 0.0727. The number of aromatic nitrogens is 1. The molecular weight excluding hydrogens is 418 g/mol. The zero-order valence-electron chi connectivity index (χ0n) is 15.2. The summed E-state index contributed by atoms with van der Waals surface area (Å²) in [4.78, 5) is 19.0. The lowest BCUT2D eigenvalue weighted by molar-refractivity contribution is -0.117. The number of benzene rings is 2. The molecule has 0 saturated carbocycles. The van der Waals surface area contributed by atoms with Gasteiger partial charge in [-0.15, -0.1) is 11.3 Å². The maximum Gasteiger partial charge on any atom is 0.248 e. The van der Waals surface area contributed by atoms with Crippen LogP contribution in [-0.4, -0.2) is 37.2 Å². The number of thiazole rings is 1. The van der Waals surface area contributed by atoms with Crippen LogP contribution < -0.4 is 4.90 Å². The van der Waals surface area contributed by atoms with Gasteiger partial charge in [0, 0.05) is 17.5 Å². The number of carbonyl (C=O) groups excluding carboxylic acids is 1. The molecule has 1 amide bonds. The Hall–Kier alpha value is -2.26. The number of anilines is 2. The van der Waals surface area contributed by atoms with E-state index in [1.807, 2.05) is 30.5 Å². The molecule has 1 heterocycles. The number of sulfonamides is 1. The fourth-order valence-electron chi connectivity index (χ4n) is 2.52. The van der Waals surface area contributed by atoms with Crippen LogP contribution in [0.1, 0.15) is 5.69 Å². The molecule has 0 N–H and O–H groups in total. The van der Waals surface area contributed by atoms with Crippen LogP contribution in [0.15, 0.2) is 64.9 Å². The van der Waals surface area contributed by atoms with Crippen LogP contribution in [-0.2, 0) is 14.8 Å². The zero-order chi connectivity index (χ0) is 20.3. The predicted molar refractivity (Wildman–Crippen MR) is 112 cm³/mol. The molecular formula is C19H18ClN3O3S2. The second-order valence-electron chi connectivity index (χ2n) is 6.05. The van der Waals surface area contributed by atoms with Crippen molar-refractivity contribution in [2.75, 3.05) is 18.5 Å². The lowest BCUT2D eigenvalue weighted by atomic mass is 10.3. The topological polar surface area (TPSA) is 70.6 Å². The molecule has 2 aromatic carbocycles. The van der Waals surface area contributed by atoms with Crippen LogP contribution in [0.25, 0.3) is 0 Å². The van der Waals surface area contributed by atoms with Gasteiger partial charge in [0.1, 0.15) is 0 Å². The van der Waals surface area contributed by atoms with Gasteiger partial charge in [-0.05, 0) is 43.3 Å². The van der Waals surface area contributed by atoms with E-state index < -0.39 is 15.9 Å². The molecule has 0 atom stereocenters. The van der Waals surface area contributed by atoms with Gasteiger partial charge in [-0.1, -0.05) is 29.8 Å². The Labute approximate surface area is 173 Å². The summed E-state index contributed by atoms with van der Waals surface area (Å²) in [6.45, 7) is 1.50. The fraction of sp³-hybridized carbons (Fsp3) is 0.158. The third-order valence-corrected chi connectivity index (χ3v) is 6.95. The fourth-order valence-corrected chi connectivity index (χ4v) is 4.60. The van der Waals surface area contributed by atoms with Gasteiger partial charge in [-0.25, -0.2) is 13.4 Å². The minimum Gasteiger partial charge on any atom is -0.272 e. The van der Waals surface area contributed by atoms with E-state index in [-0.39, 0.29) is 11.4 Å². The Bertz CT molecular complexity index is 1070. The maximum atomic E-state index is 13.1. The van der Waals surface area contributed by atoms with E-state index in [0.29, 0.717) is 15.8 Å². The molecule has 1 aromatic heterocycles. The van der Waals surface area contributed by atoms with E-state index in [1.54, 1.807) is 12.1 Å². The number of halogens is 1. The van der Waals surface area contributed by atoms with Gasteiger partial charge in [0.05, 0.1) is 22.8 Å². The average molecular weight is 436 g/mol.